The van der Waals surface area contributed by atoms with Gasteiger partial charge in [0.15, 0.2) is 0 Å². The topological polar surface area (TPSA) is 59.0 Å². The van der Waals surface area contributed by atoms with Crippen molar-refractivity contribution in [2.75, 3.05) is 0 Å². The Balaban J connectivity index is 1.52. The number of carbonyl (C=O) groups is 1. The smallest absolute Gasteiger partial charge is 0.220 e. The van der Waals surface area contributed by atoms with E-state index in [0.29, 0.717) is 19.4 Å². The highest BCUT2D eigenvalue weighted by Gasteiger charge is 2.30. The molecule has 0 saturated carbocycles. The number of rotatable bonds is 5. The maximum Gasteiger partial charge on any atom is 0.220 e. The highest BCUT2D eigenvalue weighted by molar-refractivity contribution is 5.77. The molecule has 1 amide bonds. The van der Waals surface area contributed by atoms with Crippen LogP contribution in [0.3, 0.4) is 0 Å². The quantitative estimate of drug-likeness (QED) is 0.715. The van der Waals surface area contributed by atoms with Gasteiger partial charge in [-0.05, 0) is 60.9 Å². The number of halogens is 1. The van der Waals surface area contributed by atoms with E-state index >= 15 is 0 Å². The number of benzene rings is 1. The van der Waals surface area contributed by atoms with Crippen molar-refractivity contribution in [3.8, 4) is 5.82 Å². The van der Waals surface area contributed by atoms with Crippen LogP contribution in [0, 0.1) is 12.7 Å². The van der Waals surface area contributed by atoms with Gasteiger partial charge in [-0.3, -0.25) is 4.79 Å². The highest BCUT2D eigenvalue weighted by atomic mass is 19.1. The van der Waals surface area contributed by atoms with E-state index in [9.17, 15) is 9.18 Å². The summed E-state index contributed by atoms with van der Waals surface area (Å²) >= 11 is 0. The monoisotopic (exact) mass is 378 g/mol. The summed E-state index contributed by atoms with van der Waals surface area (Å²) in [6.45, 7) is 2.66. The third-order valence-corrected chi connectivity index (χ3v) is 5.14. The lowest BCUT2D eigenvalue weighted by Gasteiger charge is -2.33. The second-order valence-corrected chi connectivity index (χ2v) is 7.19. The molecule has 0 radical (unpaired) electrons. The molecule has 2 N–H and O–H groups in total. The van der Waals surface area contributed by atoms with Crippen molar-refractivity contribution in [1.82, 2.24) is 20.2 Å². The van der Waals surface area contributed by atoms with Crippen molar-refractivity contribution < 1.29 is 9.18 Å². The molecule has 28 heavy (non-hydrogen) atoms. The van der Waals surface area contributed by atoms with Gasteiger partial charge >= 0.3 is 0 Å². The lowest BCUT2D eigenvalue weighted by Crippen LogP contribution is -2.48. The molecule has 3 aromatic rings. The van der Waals surface area contributed by atoms with E-state index in [4.69, 9.17) is 0 Å². The summed E-state index contributed by atoms with van der Waals surface area (Å²) in [6, 6.07) is 14.3. The third kappa shape index (κ3) is 3.97. The fourth-order valence-corrected chi connectivity index (χ4v) is 3.71. The van der Waals surface area contributed by atoms with E-state index < -0.39 is 0 Å². The molecular weight excluding hydrogens is 355 g/mol. The summed E-state index contributed by atoms with van der Waals surface area (Å²) < 4.78 is 15.7. The van der Waals surface area contributed by atoms with Crippen molar-refractivity contribution in [2.45, 2.75) is 38.4 Å². The fourth-order valence-electron chi connectivity index (χ4n) is 3.71. The zero-order valence-electron chi connectivity index (χ0n) is 15.7. The molecular formula is C22H23FN4O. The molecule has 2 aromatic heterocycles. The Morgan fingerprint density at radius 3 is 2.96 bits per heavy atom. The molecule has 1 fully saturated rings. The van der Waals surface area contributed by atoms with Gasteiger partial charge < -0.3 is 15.2 Å². The van der Waals surface area contributed by atoms with E-state index in [1.165, 1.54) is 12.1 Å². The number of hydrogen-bond acceptors (Lipinski definition) is 3. The Hall–Kier alpha value is -2.99. The second kappa shape index (κ2) is 7.94. The Morgan fingerprint density at radius 2 is 2.14 bits per heavy atom. The summed E-state index contributed by atoms with van der Waals surface area (Å²) in [5, 5.41) is 6.56. The minimum absolute atomic E-state index is 0.000327. The molecule has 0 bridgehead atoms. The van der Waals surface area contributed by atoms with Crippen LogP contribution >= 0.6 is 0 Å². The maximum absolute atomic E-state index is 13.7. The number of nitrogens with one attached hydrogen (secondary N) is 2. The van der Waals surface area contributed by atoms with Crippen molar-refractivity contribution in [3.05, 3.63) is 83.6 Å². The lowest BCUT2D eigenvalue weighted by molar-refractivity contribution is -0.123. The van der Waals surface area contributed by atoms with Gasteiger partial charge in [-0.2, -0.15) is 0 Å². The van der Waals surface area contributed by atoms with Crippen LogP contribution < -0.4 is 10.6 Å². The van der Waals surface area contributed by atoms with E-state index in [1.54, 1.807) is 12.3 Å². The molecule has 5 nitrogen and oxygen atoms in total. The van der Waals surface area contributed by atoms with Crippen LogP contribution in [-0.4, -0.2) is 21.5 Å². The molecule has 1 aromatic carbocycles. The minimum Gasteiger partial charge on any atom is -0.348 e. The number of aryl methyl sites for hydroxylation is 1. The van der Waals surface area contributed by atoms with Crippen LogP contribution in [0.4, 0.5) is 4.39 Å². The van der Waals surface area contributed by atoms with Gasteiger partial charge in [0.25, 0.3) is 0 Å². The molecule has 0 aliphatic carbocycles. The zero-order valence-corrected chi connectivity index (χ0v) is 15.7. The summed E-state index contributed by atoms with van der Waals surface area (Å²) in [4.78, 5) is 16.4. The molecule has 0 spiro atoms. The number of carbonyl (C=O) groups excluding carboxylic acids is 1. The normalized spacial score (nSPS) is 19.4. The molecule has 0 unspecified atom stereocenters. The van der Waals surface area contributed by atoms with Crippen molar-refractivity contribution in [1.29, 1.82) is 0 Å². The van der Waals surface area contributed by atoms with Crippen LogP contribution in [0.25, 0.3) is 5.82 Å². The van der Waals surface area contributed by atoms with E-state index in [2.05, 4.69) is 26.3 Å². The molecule has 2 atom stereocenters. The summed E-state index contributed by atoms with van der Waals surface area (Å²) in [5.41, 5.74) is 3.01. The largest absolute Gasteiger partial charge is 0.348 e. The highest BCUT2D eigenvalue weighted by Crippen LogP contribution is 2.25. The molecule has 4 rings (SSSR count). The molecule has 1 aliphatic rings. The van der Waals surface area contributed by atoms with Gasteiger partial charge in [-0.25, -0.2) is 9.37 Å². The van der Waals surface area contributed by atoms with Crippen LogP contribution in [0.15, 0.2) is 60.9 Å². The second-order valence-electron chi connectivity index (χ2n) is 7.19. The first-order valence-electron chi connectivity index (χ1n) is 9.47. The average Bonchev–Trinajstić information content (AvgIpc) is 3.15. The molecule has 6 heteroatoms. The van der Waals surface area contributed by atoms with E-state index in [-0.39, 0.29) is 23.8 Å². The first-order chi connectivity index (χ1) is 13.6. The fraction of sp³-hybridized carbons (Fsp3) is 0.273. The van der Waals surface area contributed by atoms with Crippen LogP contribution in [0.1, 0.15) is 35.7 Å². The van der Waals surface area contributed by atoms with Gasteiger partial charge in [-0.1, -0.05) is 12.1 Å². The predicted octanol–water partition coefficient (Wildman–Crippen LogP) is 3.43. The maximum atomic E-state index is 13.7. The number of amides is 1. The molecule has 1 saturated heterocycles. The Labute approximate surface area is 163 Å². The third-order valence-electron chi connectivity index (χ3n) is 5.14. The standard InChI is InChI=1S/C22H23FN4O/c1-15-9-10-24-20(12-15)27-11-3-6-18(27)14-25-19-7-8-21(28)26-22(19)16-4-2-5-17(23)13-16/h2-6,9-13,19,22,25H,7-8,14H2,1H3,(H,26,28)/t19-,22+/m1/s1. The first kappa shape index (κ1) is 18.4. The minimum atomic E-state index is -0.296. The SMILES string of the molecule is Cc1ccnc(-n2cccc2CN[C@@H]2CCC(=O)N[C@H]2c2cccc(F)c2)c1. The predicted molar refractivity (Wildman–Crippen MR) is 105 cm³/mol. The number of pyridine rings is 1. The van der Waals surface area contributed by atoms with Gasteiger partial charge in [0.2, 0.25) is 5.91 Å². The zero-order chi connectivity index (χ0) is 19.5. The summed E-state index contributed by atoms with van der Waals surface area (Å²) in [5.74, 6) is 0.579. The van der Waals surface area contributed by atoms with Crippen molar-refractivity contribution >= 4 is 5.91 Å². The van der Waals surface area contributed by atoms with E-state index in [0.717, 1.165) is 22.6 Å². The lowest BCUT2D eigenvalue weighted by atomic mass is 9.92. The molecule has 1 aliphatic heterocycles. The van der Waals surface area contributed by atoms with Crippen molar-refractivity contribution in [3.63, 3.8) is 0 Å². The van der Waals surface area contributed by atoms with Gasteiger partial charge in [0.1, 0.15) is 11.6 Å². The average molecular weight is 378 g/mol. The summed E-state index contributed by atoms with van der Waals surface area (Å²) in [6.07, 6.45) is 4.96. The summed E-state index contributed by atoms with van der Waals surface area (Å²) in [7, 11) is 0. The van der Waals surface area contributed by atoms with E-state index in [1.807, 2.05) is 37.4 Å². The Morgan fingerprint density at radius 1 is 1.25 bits per heavy atom. The molecule has 3 heterocycles. The van der Waals surface area contributed by atoms with Crippen LogP contribution in [0.5, 0.6) is 0 Å². The first-order valence-corrected chi connectivity index (χ1v) is 9.47. The van der Waals surface area contributed by atoms with Gasteiger partial charge in [-0.15, -0.1) is 0 Å². The van der Waals surface area contributed by atoms with Crippen LogP contribution in [0.2, 0.25) is 0 Å². The Kier molecular flexibility index (Phi) is 5.21. The number of nitrogens with zero attached hydrogens (tertiary/aromatic N) is 2. The number of piperidine rings is 1. The van der Waals surface area contributed by atoms with Gasteiger partial charge in [0.05, 0.1) is 6.04 Å². The molecule has 144 valence electrons. The van der Waals surface area contributed by atoms with Crippen molar-refractivity contribution in [2.24, 2.45) is 0 Å². The van der Waals surface area contributed by atoms with Crippen LogP contribution in [-0.2, 0) is 11.3 Å². The Bertz CT molecular complexity index is 984. The van der Waals surface area contributed by atoms with Gasteiger partial charge in [0, 0.05) is 37.1 Å². The number of hydrogen-bond donors (Lipinski definition) is 2. The number of aromatic nitrogens is 2.